The number of rotatable bonds is 4. The molecule has 0 heterocycles. The van der Waals surface area contributed by atoms with Gasteiger partial charge in [0.1, 0.15) is 6.61 Å². The molecule has 0 bridgehead atoms. The number of aliphatic hydroxyl groups is 1. The van der Waals surface area contributed by atoms with Crippen LogP contribution in [0.5, 0.6) is 0 Å². The summed E-state index contributed by atoms with van der Waals surface area (Å²) in [5.74, 6) is 0. The molecule has 120 valence electrons. The van der Waals surface area contributed by atoms with E-state index in [0.717, 1.165) is 15.6 Å². The van der Waals surface area contributed by atoms with Crippen LogP contribution in [0.15, 0.2) is 59.1 Å². The Labute approximate surface area is 143 Å². The van der Waals surface area contributed by atoms with Crippen molar-refractivity contribution in [3.63, 3.8) is 0 Å². The van der Waals surface area contributed by atoms with Crippen molar-refractivity contribution in [3.05, 3.63) is 70.2 Å². The molecule has 3 rings (SSSR count). The van der Waals surface area contributed by atoms with E-state index < -0.39 is 17.7 Å². The Kier molecular flexibility index (Phi) is 4.68. The summed E-state index contributed by atoms with van der Waals surface area (Å²) < 4.78 is 6.27. The molecule has 4 nitrogen and oxygen atoms in total. The molecule has 1 aliphatic rings. The van der Waals surface area contributed by atoms with Crippen molar-refractivity contribution < 1.29 is 14.6 Å². The Balaban J connectivity index is 1.65. The predicted molar refractivity (Wildman–Crippen MR) is 90.8 cm³/mol. The smallest absolute Gasteiger partial charge is 0.408 e. The molecule has 2 N–H and O–H groups in total. The number of carbonyl (C=O) groups is 1. The van der Waals surface area contributed by atoms with Crippen molar-refractivity contribution in [2.24, 2.45) is 0 Å². The Morgan fingerprint density at radius 2 is 1.83 bits per heavy atom. The maximum absolute atomic E-state index is 12.1. The first-order valence-electron chi connectivity index (χ1n) is 7.50. The van der Waals surface area contributed by atoms with Gasteiger partial charge in [0.2, 0.25) is 0 Å². The van der Waals surface area contributed by atoms with E-state index in [2.05, 4.69) is 21.2 Å². The number of benzene rings is 2. The lowest BCUT2D eigenvalue weighted by molar-refractivity contribution is -0.00209. The first-order chi connectivity index (χ1) is 11.1. The molecular weight excluding hydrogens is 358 g/mol. The second-order valence-electron chi connectivity index (χ2n) is 5.84. The summed E-state index contributed by atoms with van der Waals surface area (Å²) in [5.41, 5.74) is 1.37. The molecule has 0 atom stereocenters. The molecule has 0 spiro atoms. The molecule has 2 aromatic carbocycles. The standard InChI is InChI=1S/C18H18BrNO3/c19-15-8-6-14(7-9-15)18(10-16(21)11-18)20-17(22)23-12-13-4-2-1-3-5-13/h1-9,16,21H,10-12H2,(H,20,22). The number of hydrogen-bond donors (Lipinski definition) is 2. The van der Waals surface area contributed by atoms with Crippen molar-refractivity contribution in [2.75, 3.05) is 0 Å². The monoisotopic (exact) mass is 375 g/mol. The minimum absolute atomic E-state index is 0.228. The van der Waals surface area contributed by atoms with Gasteiger partial charge in [-0.2, -0.15) is 0 Å². The molecule has 23 heavy (non-hydrogen) atoms. The average Bonchev–Trinajstić information content (AvgIpc) is 2.53. The fraction of sp³-hybridized carbons (Fsp3) is 0.278. The first-order valence-corrected chi connectivity index (χ1v) is 8.30. The van der Waals surface area contributed by atoms with Crippen LogP contribution < -0.4 is 5.32 Å². The van der Waals surface area contributed by atoms with E-state index in [1.807, 2.05) is 54.6 Å². The van der Waals surface area contributed by atoms with Crippen LogP contribution in [0.2, 0.25) is 0 Å². The summed E-state index contributed by atoms with van der Waals surface area (Å²) in [4.78, 5) is 12.1. The quantitative estimate of drug-likeness (QED) is 0.855. The fourth-order valence-corrected chi connectivity index (χ4v) is 3.14. The third-order valence-corrected chi connectivity index (χ3v) is 4.65. The van der Waals surface area contributed by atoms with Crippen LogP contribution >= 0.6 is 15.9 Å². The number of alkyl carbamates (subject to hydrolysis) is 1. The van der Waals surface area contributed by atoms with Gasteiger partial charge < -0.3 is 15.2 Å². The third kappa shape index (κ3) is 3.74. The molecule has 1 saturated carbocycles. The van der Waals surface area contributed by atoms with E-state index >= 15 is 0 Å². The van der Waals surface area contributed by atoms with Gasteiger partial charge >= 0.3 is 6.09 Å². The maximum Gasteiger partial charge on any atom is 0.408 e. The molecule has 0 aromatic heterocycles. The van der Waals surface area contributed by atoms with Crippen LogP contribution in [0, 0.1) is 0 Å². The van der Waals surface area contributed by atoms with Gasteiger partial charge in [0.15, 0.2) is 0 Å². The maximum atomic E-state index is 12.1. The topological polar surface area (TPSA) is 58.6 Å². The van der Waals surface area contributed by atoms with E-state index in [1.165, 1.54) is 0 Å². The highest BCUT2D eigenvalue weighted by Gasteiger charge is 2.46. The largest absolute Gasteiger partial charge is 0.445 e. The van der Waals surface area contributed by atoms with Crippen LogP contribution in [-0.4, -0.2) is 17.3 Å². The number of amides is 1. The van der Waals surface area contributed by atoms with Crippen LogP contribution in [0.1, 0.15) is 24.0 Å². The van der Waals surface area contributed by atoms with Gasteiger partial charge in [-0.3, -0.25) is 0 Å². The summed E-state index contributed by atoms with van der Waals surface area (Å²) in [6, 6.07) is 17.3. The molecule has 2 aromatic rings. The van der Waals surface area contributed by atoms with E-state index in [4.69, 9.17) is 4.74 Å². The number of hydrogen-bond acceptors (Lipinski definition) is 3. The van der Waals surface area contributed by atoms with Crippen molar-refractivity contribution >= 4 is 22.0 Å². The van der Waals surface area contributed by atoms with Crippen molar-refractivity contribution in [3.8, 4) is 0 Å². The van der Waals surface area contributed by atoms with E-state index in [1.54, 1.807) is 0 Å². The van der Waals surface area contributed by atoms with E-state index in [9.17, 15) is 9.90 Å². The van der Waals surface area contributed by atoms with Gasteiger partial charge in [-0.1, -0.05) is 58.4 Å². The zero-order valence-corrected chi connectivity index (χ0v) is 14.1. The predicted octanol–water partition coefficient (Wildman–Crippen LogP) is 3.73. The minimum Gasteiger partial charge on any atom is -0.445 e. The highest BCUT2D eigenvalue weighted by atomic mass is 79.9. The molecule has 0 saturated heterocycles. The van der Waals surface area contributed by atoms with Crippen LogP contribution in [0.25, 0.3) is 0 Å². The number of aliphatic hydroxyl groups excluding tert-OH is 1. The molecule has 0 unspecified atom stereocenters. The molecule has 1 aliphatic carbocycles. The Morgan fingerprint density at radius 1 is 1.17 bits per heavy atom. The average molecular weight is 376 g/mol. The highest BCUT2D eigenvalue weighted by molar-refractivity contribution is 9.10. The normalized spacial score (nSPS) is 23.0. The van der Waals surface area contributed by atoms with Crippen molar-refractivity contribution in [2.45, 2.75) is 31.1 Å². The highest BCUT2D eigenvalue weighted by Crippen LogP contribution is 2.41. The molecule has 0 radical (unpaired) electrons. The first kappa shape index (κ1) is 16.0. The zero-order valence-electron chi connectivity index (χ0n) is 12.5. The van der Waals surface area contributed by atoms with Gasteiger partial charge in [-0.05, 0) is 23.3 Å². The SMILES string of the molecule is O=C(NC1(c2ccc(Br)cc2)CC(O)C1)OCc1ccccc1. The van der Waals surface area contributed by atoms with Gasteiger partial charge in [-0.25, -0.2) is 4.79 Å². The summed E-state index contributed by atoms with van der Waals surface area (Å²) in [7, 11) is 0. The van der Waals surface area contributed by atoms with Crippen LogP contribution in [-0.2, 0) is 16.9 Å². The van der Waals surface area contributed by atoms with E-state index in [0.29, 0.717) is 12.8 Å². The van der Waals surface area contributed by atoms with Gasteiger partial charge in [0, 0.05) is 17.3 Å². The number of carbonyl (C=O) groups excluding carboxylic acids is 1. The summed E-state index contributed by atoms with van der Waals surface area (Å²) in [6.45, 7) is 0.228. The number of halogens is 1. The minimum atomic E-state index is -0.548. The van der Waals surface area contributed by atoms with Crippen LogP contribution in [0.3, 0.4) is 0 Å². The van der Waals surface area contributed by atoms with Crippen molar-refractivity contribution in [1.82, 2.24) is 5.32 Å². The Hall–Kier alpha value is -1.85. The van der Waals surface area contributed by atoms with Gasteiger partial charge in [-0.15, -0.1) is 0 Å². The zero-order chi connectivity index (χ0) is 16.3. The number of ether oxygens (including phenoxy) is 1. The van der Waals surface area contributed by atoms with Crippen molar-refractivity contribution in [1.29, 1.82) is 0 Å². The molecule has 1 amide bonds. The summed E-state index contributed by atoms with van der Waals surface area (Å²) in [6.07, 6.45) is 0.126. The second kappa shape index (κ2) is 6.72. The second-order valence-corrected chi connectivity index (χ2v) is 6.75. The Morgan fingerprint density at radius 3 is 2.43 bits per heavy atom. The lowest BCUT2D eigenvalue weighted by atomic mass is 9.70. The molecule has 5 heteroatoms. The summed E-state index contributed by atoms with van der Waals surface area (Å²) >= 11 is 3.40. The summed E-state index contributed by atoms with van der Waals surface area (Å²) in [5, 5.41) is 12.6. The van der Waals surface area contributed by atoms with E-state index in [-0.39, 0.29) is 6.61 Å². The fourth-order valence-electron chi connectivity index (χ4n) is 2.88. The third-order valence-electron chi connectivity index (χ3n) is 4.12. The van der Waals surface area contributed by atoms with Gasteiger partial charge in [0.25, 0.3) is 0 Å². The van der Waals surface area contributed by atoms with Gasteiger partial charge in [0.05, 0.1) is 11.6 Å². The molecule has 0 aliphatic heterocycles. The molecule has 1 fully saturated rings. The lowest BCUT2D eigenvalue weighted by Crippen LogP contribution is -2.56. The lowest BCUT2D eigenvalue weighted by Gasteiger charge is -2.46. The molecular formula is C18H18BrNO3. The Bertz CT molecular complexity index is 666. The number of nitrogens with one attached hydrogen (secondary N) is 1. The van der Waals surface area contributed by atoms with Crippen LogP contribution in [0.4, 0.5) is 4.79 Å².